The molecule has 10 nitrogen and oxygen atoms in total. The fraction of sp³-hybridized carbons (Fsp3) is 0.508. The van der Waals surface area contributed by atoms with Crippen molar-refractivity contribution in [1.82, 2.24) is 0 Å². The second kappa shape index (κ2) is 40.2. The molecule has 0 saturated carbocycles. The normalized spacial score (nSPS) is 11.2. The van der Waals surface area contributed by atoms with Crippen molar-refractivity contribution in [3.63, 3.8) is 0 Å². The summed E-state index contributed by atoms with van der Waals surface area (Å²) in [7, 11) is 0. The summed E-state index contributed by atoms with van der Waals surface area (Å²) in [5.41, 5.74) is 2.37. The van der Waals surface area contributed by atoms with Gasteiger partial charge in [0.25, 0.3) is 0 Å². The van der Waals surface area contributed by atoms with Gasteiger partial charge in [-0.2, -0.15) is 0 Å². The summed E-state index contributed by atoms with van der Waals surface area (Å²) < 4.78 is 33.4. The standard InChI is InChI=1S/C65H88O10/c1-3-5-7-9-11-13-15-17-19-21-23-26-50-70-58-40-30-54(31-41-58)34-48-62(66)74-60-44-36-56(37-45-60)64(68)72-52-28-25-29-53-73-65(69)57-38-46-61(47-39-57)75-63(67)49-35-55-32-42-59(43-33-55)71-51-27-24-22-20-18-16-14-12-10-8-6-4-2/h30-49H,3-29,50-53H2,1-2H3/b48-34+,49-35+. The summed E-state index contributed by atoms with van der Waals surface area (Å²) in [6, 6.07) is 27.6. The van der Waals surface area contributed by atoms with Crippen molar-refractivity contribution in [2.24, 2.45) is 0 Å². The van der Waals surface area contributed by atoms with Crippen LogP contribution < -0.4 is 18.9 Å². The Labute approximate surface area is 450 Å². The first-order chi connectivity index (χ1) is 36.8. The number of unbranched alkanes of at least 4 members (excludes halogenated alkanes) is 24. The van der Waals surface area contributed by atoms with Gasteiger partial charge in [-0.1, -0.05) is 179 Å². The first kappa shape index (κ1) is 61.4. The van der Waals surface area contributed by atoms with Gasteiger partial charge in [-0.3, -0.25) is 0 Å². The Morgan fingerprint density at radius 1 is 0.320 bits per heavy atom. The lowest BCUT2D eigenvalue weighted by atomic mass is 10.1. The molecule has 0 aliphatic heterocycles. The quantitative estimate of drug-likeness (QED) is 0.0183. The molecule has 0 aliphatic rings. The van der Waals surface area contributed by atoms with Crippen LogP contribution in [0, 0.1) is 0 Å². The molecule has 0 atom stereocenters. The van der Waals surface area contributed by atoms with Crippen LogP contribution in [0.1, 0.15) is 219 Å². The first-order valence-electron chi connectivity index (χ1n) is 28.6. The van der Waals surface area contributed by atoms with Crippen molar-refractivity contribution in [2.75, 3.05) is 26.4 Å². The largest absolute Gasteiger partial charge is 0.494 e. The Hall–Kier alpha value is -6.16. The van der Waals surface area contributed by atoms with E-state index in [1.165, 1.54) is 153 Å². The highest BCUT2D eigenvalue weighted by atomic mass is 16.5. The number of rotatable bonds is 42. The Balaban J connectivity index is 0.979. The van der Waals surface area contributed by atoms with E-state index in [4.69, 9.17) is 28.4 Å². The van der Waals surface area contributed by atoms with Crippen LogP contribution >= 0.6 is 0 Å². The topological polar surface area (TPSA) is 124 Å². The van der Waals surface area contributed by atoms with Crippen LogP contribution in [0.25, 0.3) is 12.2 Å². The summed E-state index contributed by atoms with van der Waals surface area (Å²) >= 11 is 0. The molecule has 0 heterocycles. The zero-order valence-corrected chi connectivity index (χ0v) is 45.5. The number of ether oxygens (including phenoxy) is 6. The minimum atomic E-state index is -0.535. The molecular formula is C65H88O10. The maximum atomic E-state index is 12.6. The summed E-state index contributed by atoms with van der Waals surface area (Å²) in [4.78, 5) is 50.1. The lowest BCUT2D eigenvalue weighted by Gasteiger charge is -2.07. The molecule has 4 aromatic carbocycles. The fourth-order valence-corrected chi connectivity index (χ4v) is 8.44. The predicted octanol–water partition coefficient (Wildman–Crippen LogP) is 17.3. The van der Waals surface area contributed by atoms with Crippen LogP contribution in [-0.2, 0) is 19.1 Å². The molecular weight excluding hydrogens is 941 g/mol. The van der Waals surface area contributed by atoms with Crippen LogP contribution in [0.2, 0.25) is 0 Å². The number of carbonyl (C=O) groups is 4. The third-order valence-corrected chi connectivity index (χ3v) is 13.0. The molecule has 0 amide bonds. The van der Waals surface area contributed by atoms with Gasteiger partial charge in [0.1, 0.15) is 23.0 Å². The highest BCUT2D eigenvalue weighted by molar-refractivity contribution is 5.91. The molecule has 408 valence electrons. The van der Waals surface area contributed by atoms with E-state index in [9.17, 15) is 19.2 Å². The van der Waals surface area contributed by atoms with Gasteiger partial charge in [0, 0.05) is 12.2 Å². The molecule has 0 fully saturated rings. The van der Waals surface area contributed by atoms with Gasteiger partial charge in [-0.15, -0.1) is 0 Å². The van der Waals surface area contributed by atoms with Gasteiger partial charge in [0.05, 0.1) is 37.6 Å². The van der Waals surface area contributed by atoms with Crippen LogP contribution in [0.4, 0.5) is 0 Å². The number of esters is 4. The number of benzene rings is 4. The smallest absolute Gasteiger partial charge is 0.338 e. The molecule has 0 N–H and O–H groups in total. The van der Waals surface area contributed by atoms with E-state index >= 15 is 0 Å². The average molecular weight is 1030 g/mol. The Bertz CT molecular complexity index is 2040. The van der Waals surface area contributed by atoms with Crippen LogP contribution in [0.15, 0.2) is 109 Å². The van der Waals surface area contributed by atoms with Crippen LogP contribution in [-0.4, -0.2) is 50.3 Å². The van der Waals surface area contributed by atoms with Crippen molar-refractivity contribution in [3.8, 4) is 23.0 Å². The van der Waals surface area contributed by atoms with E-state index in [1.807, 2.05) is 48.5 Å². The minimum absolute atomic E-state index is 0.205. The monoisotopic (exact) mass is 1030 g/mol. The predicted molar refractivity (Wildman–Crippen MR) is 303 cm³/mol. The lowest BCUT2D eigenvalue weighted by Crippen LogP contribution is -2.09. The molecule has 0 radical (unpaired) electrons. The Morgan fingerprint density at radius 3 is 0.907 bits per heavy atom. The van der Waals surface area contributed by atoms with Gasteiger partial charge in [-0.05, 0) is 128 Å². The molecule has 4 rings (SSSR count). The Morgan fingerprint density at radius 2 is 0.587 bits per heavy atom. The molecule has 10 heteroatoms. The molecule has 0 aromatic heterocycles. The van der Waals surface area contributed by atoms with Gasteiger partial charge in [0.2, 0.25) is 0 Å². The van der Waals surface area contributed by atoms with Crippen LogP contribution in [0.3, 0.4) is 0 Å². The van der Waals surface area contributed by atoms with Gasteiger partial charge in [-0.25, -0.2) is 19.2 Å². The van der Waals surface area contributed by atoms with E-state index in [2.05, 4.69) is 13.8 Å². The third kappa shape index (κ3) is 29.5. The molecule has 0 saturated heterocycles. The number of hydrogen-bond acceptors (Lipinski definition) is 10. The summed E-state index contributed by atoms with van der Waals surface area (Å²) in [5, 5.41) is 0. The summed E-state index contributed by atoms with van der Waals surface area (Å²) in [5.74, 6) is 0.199. The molecule has 0 unspecified atom stereocenters. The molecule has 4 aromatic rings. The van der Waals surface area contributed by atoms with E-state index in [-0.39, 0.29) is 13.2 Å². The van der Waals surface area contributed by atoms with E-state index in [0.29, 0.717) is 55.1 Å². The average Bonchev–Trinajstić information content (AvgIpc) is 3.43. The minimum Gasteiger partial charge on any atom is -0.494 e. The summed E-state index contributed by atoms with van der Waals surface area (Å²) in [6.07, 6.45) is 39.4. The SMILES string of the molecule is CCCCCCCCCCCCCCOc1ccc(/C=C/C(=O)Oc2ccc(C(=O)OCCCCCOC(=O)c3ccc(OC(=O)/C=C/c4ccc(OCCCCCCCCCCCCCC)cc4)cc3)cc2)cc1. The maximum Gasteiger partial charge on any atom is 0.338 e. The Kier molecular flexibility index (Phi) is 32.9. The third-order valence-electron chi connectivity index (χ3n) is 13.0. The second-order valence-corrected chi connectivity index (χ2v) is 19.5. The van der Waals surface area contributed by atoms with Crippen molar-refractivity contribution >= 4 is 36.0 Å². The van der Waals surface area contributed by atoms with Crippen molar-refractivity contribution in [3.05, 3.63) is 131 Å². The first-order valence-corrected chi connectivity index (χ1v) is 28.6. The van der Waals surface area contributed by atoms with Crippen molar-refractivity contribution in [1.29, 1.82) is 0 Å². The van der Waals surface area contributed by atoms with Crippen molar-refractivity contribution < 1.29 is 47.6 Å². The van der Waals surface area contributed by atoms with E-state index in [0.717, 1.165) is 35.5 Å². The summed E-state index contributed by atoms with van der Waals surface area (Å²) in [6.45, 7) is 6.34. The zero-order chi connectivity index (χ0) is 53.2. The highest BCUT2D eigenvalue weighted by Crippen LogP contribution is 2.20. The van der Waals surface area contributed by atoms with E-state index < -0.39 is 23.9 Å². The number of hydrogen-bond donors (Lipinski definition) is 0. The van der Waals surface area contributed by atoms with Gasteiger partial charge < -0.3 is 28.4 Å². The zero-order valence-electron chi connectivity index (χ0n) is 45.5. The maximum absolute atomic E-state index is 12.6. The number of carbonyl (C=O) groups excluding carboxylic acids is 4. The highest BCUT2D eigenvalue weighted by Gasteiger charge is 2.11. The molecule has 0 aliphatic carbocycles. The second-order valence-electron chi connectivity index (χ2n) is 19.5. The molecule has 0 spiro atoms. The molecule has 0 bridgehead atoms. The molecule has 75 heavy (non-hydrogen) atoms. The fourth-order valence-electron chi connectivity index (χ4n) is 8.44. The lowest BCUT2D eigenvalue weighted by molar-refractivity contribution is -0.129. The van der Waals surface area contributed by atoms with Crippen LogP contribution in [0.5, 0.6) is 23.0 Å². The van der Waals surface area contributed by atoms with Gasteiger partial charge >= 0.3 is 23.9 Å². The van der Waals surface area contributed by atoms with Crippen molar-refractivity contribution in [2.45, 2.75) is 187 Å². The van der Waals surface area contributed by atoms with E-state index in [1.54, 1.807) is 60.7 Å². The van der Waals surface area contributed by atoms with Gasteiger partial charge in [0.15, 0.2) is 0 Å².